The highest BCUT2D eigenvalue weighted by molar-refractivity contribution is 6.31. The first-order chi connectivity index (χ1) is 12.6. The fraction of sp³-hybridized carbons (Fsp3) is 0.182. The number of rotatable bonds is 7. The summed E-state index contributed by atoms with van der Waals surface area (Å²) in [6.07, 6.45) is 0. The van der Waals surface area contributed by atoms with Crippen LogP contribution in [0.25, 0.3) is 0 Å². The minimum Gasteiger partial charge on any atom is -0.489 e. The monoisotopic (exact) mass is 385 g/mol. The van der Waals surface area contributed by atoms with Gasteiger partial charge in [0.25, 0.3) is 0 Å². The molecule has 134 valence electrons. The van der Waals surface area contributed by atoms with E-state index in [1.54, 1.807) is 0 Å². The summed E-state index contributed by atoms with van der Waals surface area (Å²) in [6, 6.07) is 21.9. The molecule has 0 saturated heterocycles. The topological polar surface area (TPSA) is 21.3 Å². The van der Waals surface area contributed by atoms with Crippen molar-refractivity contribution in [3.63, 3.8) is 0 Å². The van der Waals surface area contributed by atoms with Gasteiger partial charge in [0.15, 0.2) is 0 Å². The molecule has 0 unspecified atom stereocenters. The molecule has 4 heteroatoms. The van der Waals surface area contributed by atoms with Crippen molar-refractivity contribution in [2.45, 2.75) is 26.6 Å². The Hall–Kier alpha value is -2.00. The molecule has 1 N–H and O–H groups in total. The van der Waals surface area contributed by atoms with Crippen molar-refractivity contribution >= 4 is 23.2 Å². The van der Waals surface area contributed by atoms with Crippen LogP contribution in [0.15, 0.2) is 66.7 Å². The number of hydrogen-bond acceptors (Lipinski definition) is 2. The molecule has 2 nitrogen and oxygen atoms in total. The molecule has 0 aliphatic heterocycles. The molecule has 0 aliphatic carbocycles. The third-order valence-electron chi connectivity index (χ3n) is 4.13. The molecule has 3 aromatic rings. The zero-order valence-corrected chi connectivity index (χ0v) is 16.1. The third kappa shape index (κ3) is 5.25. The highest BCUT2D eigenvalue weighted by atomic mass is 35.5. The lowest BCUT2D eigenvalue weighted by Gasteiger charge is -2.13. The average Bonchev–Trinajstić information content (AvgIpc) is 2.64. The second kappa shape index (κ2) is 9.09. The van der Waals surface area contributed by atoms with Gasteiger partial charge in [-0.25, -0.2) is 0 Å². The molecule has 0 radical (unpaired) electrons. The van der Waals surface area contributed by atoms with Crippen molar-refractivity contribution in [2.24, 2.45) is 0 Å². The Morgan fingerprint density at radius 3 is 2.35 bits per heavy atom. The van der Waals surface area contributed by atoms with E-state index >= 15 is 0 Å². The van der Waals surface area contributed by atoms with Gasteiger partial charge in [0.05, 0.1) is 0 Å². The molecule has 3 rings (SSSR count). The maximum Gasteiger partial charge on any atom is 0.124 e. The zero-order chi connectivity index (χ0) is 18.4. The Bertz CT molecular complexity index is 862. The molecule has 0 atom stereocenters. The lowest BCUT2D eigenvalue weighted by Crippen LogP contribution is -2.14. The number of nitrogens with one attached hydrogen (secondary N) is 1. The van der Waals surface area contributed by atoms with E-state index in [1.165, 1.54) is 5.56 Å². The lowest BCUT2D eigenvalue weighted by molar-refractivity contribution is 0.302. The van der Waals surface area contributed by atoms with E-state index in [9.17, 15) is 0 Å². The van der Waals surface area contributed by atoms with E-state index in [2.05, 4.69) is 36.5 Å². The summed E-state index contributed by atoms with van der Waals surface area (Å²) in [7, 11) is 0. The Kier molecular flexibility index (Phi) is 6.56. The summed E-state index contributed by atoms with van der Waals surface area (Å²) in [4.78, 5) is 0. The Morgan fingerprint density at radius 2 is 1.58 bits per heavy atom. The Balaban J connectivity index is 1.63. The molecule has 26 heavy (non-hydrogen) atoms. The van der Waals surface area contributed by atoms with E-state index in [4.69, 9.17) is 27.9 Å². The molecular weight excluding hydrogens is 365 g/mol. The SMILES string of the molecule is Cc1ccc(COc2ccc(Cl)cc2CNCc2ccccc2Cl)cc1. The van der Waals surface area contributed by atoms with Crippen molar-refractivity contribution in [1.82, 2.24) is 5.32 Å². The second-order valence-corrected chi connectivity index (χ2v) is 7.06. The highest BCUT2D eigenvalue weighted by Gasteiger charge is 2.06. The van der Waals surface area contributed by atoms with Gasteiger partial charge in [-0.15, -0.1) is 0 Å². The van der Waals surface area contributed by atoms with Crippen LogP contribution in [0, 0.1) is 6.92 Å². The third-order valence-corrected chi connectivity index (χ3v) is 4.73. The van der Waals surface area contributed by atoms with Gasteiger partial charge in [-0.2, -0.15) is 0 Å². The summed E-state index contributed by atoms with van der Waals surface area (Å²) < 4.78 is 6.02. The quantitative estimate of drug-likeness (QED) is 0.524. The summed E-state index contributed by atoms with van der Waals surface area (Å²) in [5, 5.41) is 4.87. The Morgan fingerprint density at radius 1 is 0.846 bits per heavy atom. The number of ether oxygens (including phenoxy) is 1. The van der Waals surface area contributed by atoms with E-state index < -0.39 is 0 Å². The first-order valence-electron chi connectivity index (χ1n) is 8.53. The first-order valence-corrected chi connectivity index (χ1v) is 9.28. The molecule has 3 aromatic carbocycles. The number of aryl methyl sites for hydroxylation is 1. The maximum atomic E-state index is 6.21. The van der Waals surface area contributed by atoms with Crippen molar-refractivity contribution in [1.29, 1.82) is 0 Å². The van der Waals surface area contributed by atoms with Crippen LogP contribution in [-0.2, 0) is 19.7 Å². The smallest absolute Gasteiger partial charge is 0.124 e. The molecular formula is C22H21Cl2NO. The number of halogens is 2. The van der Waals surface area contributed by atoms with Gasteiger partial charge >= 0.3 is 0 Å². The van der Waals surface area contributed by atoms with Crippen molar-refractivity contribution in [2.75, 3.05) is 0 Å². The number of benzene rings is 3. The predicted molar refractivity (Wildman–Crippen MR) is 109 cm³/mol. The summed E-state index contributed by atoms with van der Waals surface area (Å²) >= 11 is 12.4. The molecule has 0 heterocycles. The van der Waals surface area contributed by atoms with Gasteiger partial charge < -0.3 is 10.1 Å². The number of hydrogen-bond donors (Lipinski definition) is 1. The zero-order valence-electron chi connectivity index (χ0n) is 14.6. The molecule has 0 saturated carbocycles. The molecule has 0 aliphatic rings. The minimum absolute atomic E-state index is 0.527. The van der Waals surface area contributed by atoms with Crippen LogP contribution in [0.4, 0.5) is 0 Å². The van der Waals surface area contributed by atoms with E-state index in [0.717, 1.165) is 27.5 Å². The molecule has 0 spiro atoms. The highest BCUT2D eigenvalue weighted by Crippen LogP contribution is 2.24. The van der Waals surface area contributed by atoms with Crippen LogP contribution in [0.1, 0.15) is 22.3 Å². The van der Waals surface area contributed by atoms with Gasteiger partial charge in [-0.3, -0.25) is 0 Å². The van der Waals surface area contributed by atoms with Gasteiger partial charge in [0.1, 0.15) is 12.4 Å². The van der Waals surface area contributed by atoms with Crippen LogP contribution >= 0.6 is 23.2 Å². The van der Waals surface area contributed by atoms with Gasteiger partial charge in [0, 0.05) is 28.7 Å². The summed E-state index contributed by atoms with van der Waals surface area (Å²) in [5.74, 6) is 0.835. The fourth-order valence-corrected chi connectivity index (χ4v) is 3.04. The van der Waals surface area contributed by atoms with Gasteiger partial charge in [0.2, 0.25) is 0 Å². The standard InChI is InChI=1S/C22H21Cl2NO/c1-16-6-8-17(9-7-16)15-26-22-11-10-20(23)12-19(22)14-25-13-18-4-2-3-5-21(18)24/h2-12,25H,13-15H2,1H3. The predicted octanol–water partition coefficient (Wildman–Crippen LogP) is 6.17. The van der Waals surface area contributed by atoms with Crippen LogP contribution in [-0.4, -0.2) is 0 Å². The van der Waals surface area contributed by atoms with Crippen LogP contribution in [0.5, 0.6) is 5.75 Å². The van der Waals surface area contributed by atoms with Crippen LogP contribution in [0.3, 0.4) is 0 Å². The maximum absolute atomic E-state index is 6.21. The first kappa shape index (κ1) is 18.8. The average molecular weight is 386 g/mol. The van der Waals surface area contributed by atoms with Crippen molar-refractivity contribution in [3.8, 4) is 5.75 Å². The summed E-state index contributed by atoms with van der Waals surface area (Å²) in [5.41, 5.74) is 4.47. The summed E-state index contributed by atoms with van der Waals surface area (Å²) in [6.45, 7) is 3.94. The van der Waals surface area contributed by atoms with Gasteiger partial charge in [-0.05, 0) is 42.3 Å². The van der Waals surface area contributed by atoms with Crippen LogP contribution < -0.4 is 10.1 Å². The Labute approximate surface area is 164 Å². The minimum atomic E-state index is 0.527. The van der Waals surface area contributed by atoms with E-state index in [0.29, 0.717) is 24.7 Å². The molecule has 0 fully saturated rings. The van der Waals surface area contributed by atoms with Crippen molar-refractivity contribution < 1.29 is 4.74 Å². The second-order valence-electron chi connectivity index (χ2n) is 6.22. The van der Waals surface area contributed by atoms with E-state index in [-0.39, 0.29) is 0 Å². The molecule has 0 amide bonds. The van der Waals surface area contributed by atoms with Crippen LogP contribution in [0.2, 0.25) is 10.0 Å². The normalized spacial score (nSPS) is 10.7. The molecule has 0 aromatic heterocycles. The van der Waals surface area contributed by atoms with Crippen molar-refractivity contribution in [3.05, 3.63) is 99.0 Å². The largest absolute Gasteiger partial charge is 0.489 e. The lowest BCUT2D eigenvalue weighted by atomic mass is 10.1. The fourth-order valence-electron chi connectivity index (χ4n) is 2.65. The van der Waals surface area contributed by atoms with Gasteiger partial charge in [-0.1, -0.05) is 71.2 Å². The molecule has 0 bridgehead atoms. The van der Waals surface area contributed by atoms with E-state index in [1.807, 2.05) is 42.5 Å².